The summed E-state index contributed by atoms with van der Waals surface area (Å²) >= 11 is 5.78. The first kappa shape index (κ1) is 20.1. The van der Waals surface area contributed by atoms with Gasteiger partial charge in [-0.15, -0.1) is 0 Å². The van der Waals surface area contributed by atoms with Crippen molar-refractivity contribution in [3.63, 3.8) is 0 Å². The Labute approximate surface area is 170 Å². The van der Waals surface area contributed by atoms with E-state index in [9.17, 15) is 19.7 Å². The van der Waals surface area contributed by atoms with Gasteiger partial charge in [0.25, 0.3) is 11.2 Å². The SMILES string of the molecule is Cc1c(NC(=O)C=Cc2ccc(Cl)c([N+](=O)[O-])c2)c(=O)n(-c2ccccc2)n1C. The standard InChI is InChI=1S/C20H17ClN4O4/c1-13-19(20(27)24(23(13)2)15-6-4-3-5-7-15)22-18(26)11-9-14-8-10-16(21)17(12-14)25(28)29/h3-12H,1-2H3,(H,22,26). The zero-order chi connectivity index (χ0) is 21.1. The van der Waals surface area contributed by atoms with Gasteiger partial charge in [-0.25, -0.2) is 4.68 Å². The van der Waals surface area contributed by atoms with E-state index in [2.05, 4.69) is 5.32 Å². The molecule has 0 aliphatic carbocycles. The Hall–Kier alpha value is -3.65. The molecule has 0 aliphatic heterocycles. The van der Waals surface area contributed by atoms with Crippen LogP contribution in [0.3, 0.4) is 0 Å². The van der Waals surface area contributed by atoms with E-state index in [4.69, 9.17) is 11.6 Å². The smallest absolute Gasteiger partial charge is 0.295 e. The molecule has 0 fully saturated rings. The lowest BCUT2D eigenvalue weighted by Crippen LogP contribution is -2.22. The van der Waals surface area contributed by atoms with Gasteiger partial charge in [0.15, 0.2) is 0 Å². The van der Waals surface area contributed by atoms with E-state index in [0.29, 0.717) is 16.9 Å². The number of nitro benzene ring substituents is 1. The minimum atomic E-state index is -0.598. The molecule has 0 spiro atoms. The Morgan fingerprint density at radius 1 is 1.21 bits per heavy atom. The van der Waals surface area contributed by atoms with Gasteiger partial charge in [0.05, 0.1) is 16.3 Å². The summed E-state index contributed by atoms with van der Waals surface area (Å²) in [5.74, 6) is -0.534. The monoisotopic (exact) mass is 412 g/mol. The molecule has 0 aliphatic rings. The van der Waals surface area contributed by atoms with Crippen molar-refractivity contribution >= 4 is 35.0 Å². The molecule has 1 amide bonds. The van der Waals surface area contributed by atoms with Crippen molar-refractivity contribution in [2.24, 2.45) is 7.05 Å². The van der Waals surface area contributed by atoms with Gasteiger partial charge in [0, 0.05) is 19.2 Å². The van der Waals surface area contributed by atoms with Crippen molar-refractivity contribution in [2.75, 3.05) is 5.32 Å². The van der Waals surface area contributed by atoms with Gasteiger partial charge in [-0.2, -0.15) is 0 Å². The molecule has 1 aromatic heterocycles. The van der Waals surface area contributed by atoms with E-state index < -0.39 is 10.8 Å². The van der Waals surface area contributed by atoms with Crippen molar-refractivity contribution in [1.29, 1.82) is 0 Å². The Morgan fingerprint density at radius 2 is 1.90 bits per heavy atom. The van der Waals surface area contributed by atoms with Crippen LogP contribution in [0.2, 0.25) is 5.02 Å². The molecule has 1 heterocycles. The third-order valence-electron chi connectivity index (χ3n) is 4.40. The minimum absolute atomic E-state index is 0.0120. The van der Waals surface area contributed by atoms with Crippen molar-refractivity contribution in [3.8, 4) is 5.69 Å². The summed E-state index contributed by atoms with van der Waals surface area (Å²) in [6.45, 7) is 1.72. The number of aromatic nitrogens is 2. The number of nitrogens with one attached hydrogen (secondary N) is 1. The molecule has 148 valence electrons. The molecule has 9 heteroatoms. The summed E-state index contributed by atoms with van der Waals surface area (Å²) in [6, 6.07) is 13.3. The quantitative estimate of drug-likeness (QED) is 0.392. The molecular weight excluding hydrogens is 396 g/mol. The minimum Gasteiger partial charge on any atom is -0.316 e. The first-order valence-electron chi connectivity index (χ1n) is 8.56. The van der Waals surface area contributed by atoms with Crippen LogP contribution in [0.5, 0.6) is 0 Å². The van der Waals surface area contributed by atoms with Crippen LogP contribution in [0, 0.1) is 17.0 Å². The number of anilines is 1. The molecule has 0 unspecified atom stereocenters. The molecule has 2 aromatic carbocycles. The molecule has 29 heavy (non-hydrogen) atoms. The van der Waals surface area contributed by atoms with Gasteiger partial charge in [-0.1, -0.05) is 35.9 Å². The molecule has 0 saturated heterocycles. The lowest BCUT2D eigenvalue weighted by atomic mass is 10.2. The number of rotatable bonds is 5. The van der Waals surface area contributed by atoms with Gasteiger partial charge >= 0.3 is 0 Å². The van der Waals surface area contributed by atoms with E-state index in [1.54, 1.807) is 36.9 Å². The van der Waals surface area contributed by atoms with Crippen LogP contribution in [-0.2, 0) is 11.8 Å². The lowest BCUT2D eigenvalue weighted by molar-refractivity contribution is -0.384. The second kappa shape index (κ2) is 8.15. The van der Waals surface area contributed by atoms with Crippen molar-refractivity contribution < 1.29 is 9.72 Å². The van der Waals surface area contributed by atoms with Crippen LogP contribution in [0.4, 0.5) is 11.4 Å². The Balaban J connectivity index is 1.85. The average molecular weight is 413 g/mol. The number of carbonyl (C=O) groups excluding carboxylic acids is 1. The summed E-state index contributed by atoms with van der Waals surface area (Å²) < 4.78 is 3.11. The highest BCUT2D eigenvalue weighted by Gasteiger charge is 2.17. The first-order chi connectivity index (χ1) is 13.8. The maximum atomic E-state index is 12.8. The van der Waals surface area contributed by atoms with Crippen LogP contribution >= 0.6 is 11.6 Å². The number of hydrogen-bond donors (Lipinski definition) is 1. The van der Waals surface area contributed by atoms with Gasteiger partial charge < -0.3 is 5.32 Å². The maximum absolute atomic E-state index is 12.8. The van der Waals surface area contributed by atoms with E-state index in [0.717, 1.165) is 0 Å². The number of nitrogens with zero attached hydrogens (tertiary/aromatic N) is 3. The predicted molar refractivity (Wildman–Crippen MR) is 112 cm³/mol. The lowest BCUT2D eigenvalue weighted by Gasteiger charge is -2.07. The zero-order valence-corrected chi connectivity index (χ0v) is 16.4. The molecule has 0 bridgehead atoms. The summed E-state index contributed by atoms with van der Waals surface area (Å²) in [4.78, 5) is 35.5. The van der Waals surface area contributed by atoms with E-state index >= 15 is 0 Å². The topological polar surface area (TPSA) is 99.2 Å². The van der Waals surface area contributed by atoms with Crippen LogP contribution in [-0.4, -0.2) is 20.2 Å². The highest BCUT2D eigenvalue weighted by molar-refractivity contribution is 6.32. The van der Waals surface area contributed by atoms with Crippen molar-refractivity contribution in [2.45, 2.75) is 6.92 Å². The Morgan fingerprint density at radius 3 is 2.55 bits per heavy atom. The van der Waals surface area contributed by atoms with Gasteiger partial charge in [0.2, 0.25) is 5.91 Å². The number of benzene rings is 2. The number of amides is 1. The third-order valence-corrected chi connectivity index (χ3v) is 4.72. The normalized spacial score (nSPS) is 11.0. The fraction of sp³-hybridized carbons (Fsp3) is 0.100. The number of carbonyl (C=O) groups is 1. The fourth-order valence-corrected chi connectivity index (χ4v) is 3.01. The molecule has 3 aromatic rings. The molecule has 3 rings (SSSR count). The molecule has 8 nitrogen and oxygen atoms in total. The summed E-state index contributed by atoms with van der Waals surface area (Å²) in [5, 5.41) is 13.6. The molecule has 0 saturated carbocycles. The second-order valence-electron chi connectivity index (χ2n) is 6.23. The highest BCUT2D eigenvalue weighted by atomic mass is 35.5. The largest absolute Gasteiger partial charge is 0.316 e. The fourth-order valence-electron chi connectivity index (χ4n) is 2.82. The van der Waals surface area contributed by atoms with Crippen molar-refractivity contribution in [1.82, 2.24) is 9.36 Å². The number of para-hydroxylation sites is 1. The Kier molecular flexibility index (Phi) is 5.65. The second-order valence-corrected chi connectivity index (χ2v) is 6.63. The van der Waals surface area contributed by atoms with Crippen molar-refractivity contribution in [3.05, 3.63) is 91.4 Å². The van der Waals surface area contributed by atoms with Crippen LogP contribution in [0.1, 0.15) is 11.3 Å². The van der Waals surface area contributed by atoms with E-state index in [1.165, 1.54) is 29.0 Å². The van der Waals surface area contributed by atoms with Crippen LogP contribution in [0.25, 0.3) is 11.8 Å². The van der Waals surface area contributed by atoms with E-state index in [-0.39, 0.29) is 22.0 Å². The molecular formula is C20H17ClN4O4. The molecule has 0 atom stereocenters. The summed E-state index contributed by atoms with van der Waals surface area (Å²) in [5.41, 5.74) is 1.24. The van der Waals surface area contributed by atoms with Crippen LogP contribution < -0.4 is 10.9 Å². The van der Waals surface area contributed by atoms with Crippen LogP contribution in [0.15, 0.2) is 59.4 Å². The third kappa shape index (κ3) is 4.12. The molecule has 0 radical (unpaired) electrons. The first-order valence-corrected chi connectivity index (χ1v) is 8.94. The highest BCUT2D eigenvalue weighted by Crippen LogP contribution is 2.25. The van der Waals surface area contributed by atoms with Gasteiger partial charge in [-0.3, -0.25) is 24.4 Å². The summed E-state index contributed by atoms with van der Waals surface area (Å²) in [6.07, 6.45) is 2.61. The Bertz CT molecular complexity index is 1180. The predicted octanol–water partition coefficient (Wildman–Crippen LogP) is 3.70. The van der Waals surface area contributed by atoms with Gasteiger partial charge in [-0.05, 0) is 36.8 Å². The maximum Gasteiger partial charge on any atom is 0.295 e. The van der Waals surface area contributed by atoms with E-state index in [1.807, 2.05) is 18.2 Å². The van der Waals surface area contributed by atoms with Gasteiger partial charge in [0.1, 0.15) is 10.7 Å². The number of halogens is 1. The average Bonchev–Trinajstić information content (AvgIpc) is 2.91. The molecule has 1 N–H and O–H groups in total. The number of nitro groups is 1. The summed E-state index contributed by atoms with van der Waals surface area (Å²) in [7, 11) is 1.72. The zero-order valence-electron chi connectivity index (χ0n) is 15.6. The number of hydrogen-bond acceptors (Lipinski definition) is 4.